The monoisotopic (exact) mass is 524 g/mol. The van der Waals surface area contributed by atoms with Crippen LogP contribution in [0, 0.1) is 6.92 Å². The van der Waals surface area contributed by atoms with E-state index in [1.165, 1.54) is 12.1 Å². The number of alkyl halides is 6. The van der Waals surface area contributed by atoms with Crippen molar-refractivity contribution in [3.63, 3.8) is 0 Å². The Morgan fingerprint density at radius 3 is 2.39 bits per heavy atom. The molecule has 0 atom stereocenters. The highest BCUT2D eigenvalue weighted by molar-refractivity contribution is 5.97. The van der Waals surface area contributed by atoms with Crippen molar-refractivity contribution in [3.8, 4) is 11.5 Å². The molecule has 3 rings (SSSR count). The van der Waals surface area contributed by atoms with Gasteiger partial charge in [-0.05, 0) is 24.6 Å². The molecular formula is C21H22F6N4O5. The third kappa shape index (κ3) is 8.20. The average Bonchev–Trinajstić information content (AvgIpc) is 3.31. The van der Waals surface area contributed by atoms with Crippen LogP contribution >= 0.6 is 0 Å². The van der Waals surface area contributed by atoms with Gasteiger partial charge in [-0.1, -0.05) is 0 Å². The molecule has 0 unspecified atom stereocenters. The fourth-order valence-electron chi connectivity index (χ4n) is 3.10. The van der Waals surface area contributed by atoms with Crippen molar-refractivity contribution in [2.45, 2.75) is 25.6 Å². The van der Waals surface area contributed by atoms with Crippen LogP contribution in [0.1, 0.15) is 11.3 Å². The van der Waals surface area contributed by atoms with E-state index >= 15 is 0 Å². The molecule has 15 heteroatoms. The lowest BCUT2D eigenvalue weighted by Gasteiger charge is -2.17. The van der Waals surface area contributed by atoms with Gasteiger partial charge in [0.1, 0.15) is 29.4 Å². The highest BCUT2D eigenvalue weighted by atomic mass is 19.4. The molecule has 0 aliphatic carbocycles. The zero-order valence-electron chi connectivity index (χ0n) is 18.9. The molecule has 1 fully saturated rings. The summed E-state index contributed by atoms with van der Waals surface area (Å²) in [5.74, 6) is -0.894. The zero-order chi connectivity index (χ0) is 26.3. The molecule has 0 bridgehead atoms. The van der Waals surface area contributed by atoms with E-state index in [1.807, 2.05) is 0 Å². The van der Waals surface area contributed by atoms with Crippen LogP contribution in [0.3, 0.4) is 0 Å². The van der Waals surface area contributed by atoms with Crippen LogP contribution in [-0.4, -0.2) is 75.9 Å². The molecule has 198 valence electrons. The Balaban J connectivity index is 1.90. The molecule has 0 saturated carbocycles. The quantitative estimate of drug-likeness (QED) is 0.126. The number of hydrogen-bond acceptors (Lipinski definition) is 9. The summed E-state index contributed by atoms with van der Waals surface area (Å²) < 4.78 is 102. The first-order valence-electron chi connectivity index (χ1n) is 10.4. The number of benzene rings is 1. The van der Waals surface area contributed by atoms with Gasteiger partial charge in [0, 0.05) is 24.7 Å². The normalized spacial score (nSPS) is 15.4. The molecule has 0 amide bonds. The lowest BCUT2D eigenvalue weighted by atomic mass is 10.1. The number of hydrogen-bond donors (Lipinski definition) is 1. The Bertz CT molecular complexity index is 1090. The maximum absolute atomic E-state index is 12.8. The Hall–Kier alpha value is -3.17. The summed E-state index contributed by atoms with van der Waals surface area (Å²) in [5.41, 5.74) is 0.420. The highest BCUT2D eigenvalue weighted by Gasteiger charge is 2.30. The van der Waals surface area contributed by atoms with E-state index in [0.717, 1.165) is 6.07 Å². The van der Waals surface area contributed by atoms with Gasteiger partial charge in [-0.15, -0.1) is 5.10 Å². The molecular weight excluding hydrogens is 502 g/mol. The van der Waals surface area contributed by atoms with Crippen LogP contribution in [0.2, 0.25) is 0 Å². The van der Waals surface area contributed by atoms with E-state index in [-0.39, 0.29) is 35.0 Å². The summed E-state index contributed by atoms with van der Waals surface area (Å²) in [7, 11) is 0. The van der Waals surface area contributed by atoms with Gasteiger partial charge in [0.25, 0.3) is 5.90 Å². The third-order valence-corrected chi connectivity index (χ3v) is 4.55. The van der Waals surface area contributed by atoms with Gasteiger partial charge in [-0.3, -0.25) is 5.32 Å². The first-order chi connectivity index (χ1) is 16.9. The van der Waals surface area contributed by atoms with E-state index in [1.54, 1.807) is 6.92 Å². The third-order valence-electron chi connectivity index (χ3n) is 4.55. The van der Waals surface area contributed by atoms with Crippen LogP contribution in [0.5, 0.6) is 11.5 Å². The van der Waals surface area contributed by atoms with Crippen molar-refractivity contribution in [3.05, 3.63) is 29.5 Å². The van der Waals surface area contributed by atoms with E-state index in [9.17, 15) is 26.3 Å². The summed E-state index contributed by atoms with van der Waals surface area (Å²) in [6, 6.07) is 3.60. The molecule has 1 aliphatic heterocycles. The maximum Gasteiger partial charge on any atom is 0.422 e. The first-order valence-corrected chi connectivity index (χ1v) is 10.4. The van der Waals surface area contributed by atoms with Gasteiger partial charge in [-0.2, -0.15) is 31.4 Å². The van der Waals surface area contributed by atoms with Crippen LogP contribution in [0.15, 0.2) is 28.4 Å². The number of nitrogens with zero attached hydrogens (tertiary/aromatic N) is 3. The predicted octanol–water partition coefficient (Wildman–Crippen LogP) is 3.72. The van der Waals surface area contributed by atoms with Gasteiger partial charge in [0.05, 0.1) is 13.2 Å². The van der Waals surface area contributed by atoms with Gasteiger partial charge in [-0.25, -0.2) is 4.98 Å². The standard InChI is InChI=1S/C21H22F6N4O5/c1-12-5-15(19(31-28-2)36-11-29-8-17-32-3-4-33-17)30-18-14(12)6-13(34-9-20(22,23)24)7-16(18)35-10-21(25,26)27/h5-7,17,29H,2-4,8-11H2,1H3/b31-19-. The minimum absolute atomic E-state index is 0.0714. The van der Waals surface area contributed by atoms with E-state index in [0.29, 0.717) is 25.3 Å². The molecule has 1 aromatic heterocycles. The van der Waals surface area contributed by atoms with Crippen molar-refractivity contribution in [2.24, 2.45) is 10.2 Å². The number of ether oxygens (including phenoxy) is 5. The lowest BCUT2D eigenvalue weighted by molar-refractivity contribution is -0.153. The number of halogens is 6. The number of rotatable bonds is 10. The molecule has 2 aromatic rings. The van der Waals surface area contributed by atoms with Crippen molar-refractivity contribution in [1.29, 1.82) is 0 Å². The first kappa shape index (κ1) is 27.4. The molecule has 0 spiro atoms. The second-order valence-corrected chi connectivity index (χ2v) is 7.41. The molecule has 1 aliphatic rings. The van der Waals surface area contributed by atoms with Gasteiger partial charge in [0.15, 0.2) is 19.5 Å². The Kier molecular flexibility index (Phi) is 8.92. The molecule has 2 heterocycles. The van der Waals surface area contributed by atoms with E-state index in [4.69, 9.17) is 23.7 Å². The summed E-state index contributed by atoms with van der Waals surface area (Å²) in [5, 5.41) is 10.3. The SMILES string of the molecule is C=N/N=C(\OCNCC1OCCO1)c1cc(C)c2cc(OCC(F)(F)F)cc(OCC(F)(F)F)c2n1. The fourth-order valence-corrected chi connectivity index (χ4v) is 3.10. The van der Waals surface area contributed by atoms with Crippen molar-refractivity contribution < 1.29 is 50.0 Å². The second kappa shape index (κ2) is 11.7. The smallest absolute Gasteiger partial charge is 0.422 e. The predicted molar refractivity (Wildman–Crippen MR) is 115 cm³/mol. The summed E-state index contributed by atoms with van der Waals surface area (Å²) in [6.45, 7) is 2.69. The molecule has 0 radical (unpaired) electrons. The van der Waals surface area contributed by atoms with Gasteiger partial charge >= 0.3 is 12.4 Å². The number of pyridine rings is 1. The van der Waals surface area contributed by atoms with E-state index in [2.05, 4.69) is 27.2 Å². The molecule has 1 N–H and O–H groups in total. The van der Waals surface area contributed by atoms with E-state index < -0.39 is 37.6 Å². The maximum atomic E-state index is 12.8. The van der Waals surface area contributed by atoms with Crippen molar-refractivity contribution >= 4 is 23.5 Å². The Labute approximate surface area is 201 Å². The van der Waals surface area contributed by atoms with Crippen molar-refractivity contribution in [1.82, 2.24) is 10.3 Å². The Morgan fingerprint density at radius 1 is 1.08 bits per heavy atom. The van der Waals surface area contributed by atoms with Gasteiger partial charge < -0.3 is 23.7 Å². The van der Waals surface area contributed by atoms with Crippen LogP contribution < -0.4 is 14.8 Å². The minimum Gasteiger partial charge on any atom is -0.484 e. The summed E-state index contributed by atoms with van der Waals surface area (Å²) in [6.07, 6.45) is -9.79. The van der Waals surface area contributed by atoms with Crippen molar-refractivity contribution in [2.75, 3.05) is 39.7 Å². The number of fused-ring (bicyclic) bond motifs is 1. The largest absolute Gasteiger partial charge is 0.484 e. The molecule has 9 nitrogen and oxygen atoms in total. The van der Waals surface area contributed by atoms with Crippen LogP contribution in [-0.2, 0) is 14.2 Å². The number of aryl methyl sites for hydroxylation is 1. The fraction of sp³-hybridized carbons (Fsp3) is 0.476. The summed E-state index contributed by atoms with van der Waals surface area (Å²) in [4.78, 5) is 4.27. The summed E-state index contributed by atoms with van der Waals surface area (Å²) >= 11 is 0. The van der Waals surface area contributed by atoms with Gasteiger partial charge in [0.2, 0.25) is 0 Å². The zero-order valence-corrected chi connectivity index (χ0v) is 18.9. The van der Waals surface area contributed by atoms with Crippen LogP contribution in [0.25, 0.3) is 10.9 Å². The minimum atomic E-state index is -4.71. The van der Waals surface area contributed by atoms with Crippen LogP contribution in [0.4, 0.5) is 26.3 Å². The lowest BCUT2D eigenvalue weighted by Crippen LogP contribution is -2.30. The topological polar surface area (TPSA) is 95.8 Å². The number of nitrogens with one attached hydrogen (secondary N) is 1. The molecule has 1 aromatic carbocycles. The molecule has 36 heavy (non-hydrogen) atoms. The molecule has 1 saturated heterocycles. The second-order valence-electron chi connectivity index (χ2n) is 7.41. The highest BCUT2D eigenvalue weighted by Crippen LogP contribution is 2.34. The Morgan fingerprint density at radius 2 is 1.75 bits per heavy atom. The number of aromatic nitrogens is 1. The average molecular weight is 524 g/mol.